The molecule has 0 saturated heterocycles. The predicted molar refractivity (Wildman–Crippen MR) is 236 cm³/mol. The minimum Gasteiger partial charge on any atom is -0.455 e. The number of para-hydroxylation sites is 1. The summed E-state index contributed by atoms with van der Waals surface area (Å²) in [5.74, 6) is 0.701. The molecule has 3 nitrogen and oxygen atoms in total. The number of hydrogen-bond donors (Lipinski definition) is 0. The monoisotopic (exact) mass is 714 g/mol. The maximum Gasteiger partial charge on any atom is 0.160 e. The Morgan fingerprint density at radius 2 is 0.893 bits per heavy atom. The molecule has 0 spiro atoms. The maximum atomic E-state index is 6.70. The third-order valence-corrected chi connectivity index (χ3v) is 11.2. The second-order valence-corrected chi connectivity index (χ2v) is 14.4. The number of hydrogen-bond acceptors (Lipinski definition) is 3. The Morgan fingerprint density at radius 1 is 0.357 bits per heavy atom. The summed E-state index contributed by atoms with van der Waals surface area (Å²) in [6, 6.07) is 66.6. The Balaban J connectivity index is 1.00. The number of fused-ring (bicyclic) bond motifs is 9. The molecule has 0 amide bonds. The zero-order valence-corrected chi connectivity index (χ0v) is 30.5. The first-order valence-electron chi connectivity index (χ1n) is 19.1. The van der Waals surface area contributed by atoms with E-state index in [9.17, 15) is 0 Å². The highest BCUT2D eigenvalue weighted by atomic mass is 16.3. The topological polar surface area (TPSA) is 37.9 Å². The molecule has 56 heavy (non-hydrogen) atoms. The van der Waals surface area contributed by atoms with Gasteiger partial charge in [-0.3, -0.25) is 0 Å². The highest BCUT2D eigenvalue weighted by Gasteiger charge is 2.18. The number of furan rings is 1. The van der Waals surface area contributed by atoms with Gasteiger partial charge < -0.3 is 4.42 Å². The van der Waals surface area contributed by atoms with Crippen LogP contribution in [0.5, 0.6) is 0 Å². The molecule has 0 saturated carbocycles. The lowest BCUT2D eigenvalue weighted by atomic mass is 9.92. The molecule has 0 aliphatic carbocycles. The molecular weight excluding hydrogens is 681 g/mol. The molecule has 3 heteroatoms. The molecule has 1 aliphatic heterocycles. The molecule has 0 radical (unpaired) electrons. The van der Waals surface area contributed by atoms with Crippen LogP contribution in [0.1, 0.15) is 23.1 Å². The van der Waals surface area contributed by atoms with E-state index in [1.807, 2.05) is 24.3 Å². The van der Waals surface area contributed by atoms with E-state index in [1.54, 1.807) is 0 Å². The van der Waals surface area contributed by atoms with Crippen LogP contribution in [-0.4, -0.2) is 11.5 Å². The molecule has 11 rings (SSSR count). The fraction of sp³-hybridized carbons (Fsp3) is 0.0189. The molecule has 10 aromatic rings. The van der Waals surface area contributed by atoms with Crippen molar-refractivity contribution in [3.05, 3.63) is 211 Å². The average molecular weight is 715 g/mol. The van der Waals surface area contributed by atoms with Crippen molar-refractivity contribution in [3.63, 3.8) is 0 Å². The van der Waals surface area contributed by atoms with E-state index in [2.05, 4.69) is 170 Å². The normalized spacial score (nSPS) is 13.2. The summed E-state index contributed by atoms with van der Waals surface area (Å²) in [7, 11) is 0. The summed E-state index contributed by atoms with van der Waals surface area (Å²) >= 11 is 0. The van der Waals surface area contributed by atoms with E-state index in [0.717, 1.165) is 61.2 Å². The van der Waals surface area contributed by atoms with Crippen LogP contribution in [-0.2, 0) is 0 Å². The minimum absolute atomic E-state index is 0.653. The van der Waals surface area contributed by atoms with Gasteiger partial charge in [-0.05, 0) is 78.8 Å². The molecule has 1 aromatic heterocycles. The van der Waals surface area contributed by atoms with Gasteiger partial charge in [-0.15, -0.1) is 0 Å². The van der Waals surface area contributed by atoms with Gasteiger partial charge in [0, 0.05) is 33.9 Å². The van der Waals surface area contributed by atoms with Crippen LogP contribution in [0.2, 0.25) is 0 Å². The second-order valence-electron chi connectivity index (χ2n) is 14.4. The number of benzene rings is 9. The van der Waals surface area contributed by atoms with Crippen molar-refractivity contribution >= 4 is 71.5 Å². The highest BCUT2D eigenvalue weighted by molar-refractivity contribution is 6.26. The van der Waals surface area contributed by atoms with Gasteiger partial charge in [-0.1, -0.05) is 170 Å². The number of rotatable bonds is 5. The van der Waals surface area contributed by atoms with Crippen LogP contribution in [0, 0.1) is 0 Å². The lowest BCUT2D eigenvalue weighted by Gasteiger charge is -2.12. The van der Waals surface area contributed by atoms with E-state index in [4.69, 9.17) is 14.4 Å². The van der Waals surface area contributed by atoms with Crippen LogP contribution in [0.25, 0.3) is 82.2 Å². The van der Waals surface area contributed by atoms with Gasteiger partial charge in [0.1, 0.15) is 11.2 Å². The van der Waals surface area contributed by atoms with Crippen molar-refractivity contribution in [1.29, 1.82) is 0 Å². The summed E-state index contributed by atoms with van der Waals surface area (Å²) in [4.78, 5) is 10.4. The fourth-order valence-electron chi connectivity index (χ4n) is 8.38. The Kier molecular flexibility index (Phi) is 7.56. The lowest BCUT2D eigenvalue weighted by Crippen LogP contribution is -2.04. The van der Waals surface area contributed by atoms with E-state index >= 15 is 0 Å². The summed E-state index contributed by atoms with van der Waals surface area (Å²) in [6.45, 7) is 0. The highest BCUT2D eigenvalue weighted by Crippen LogP contribution is 2.41. The summed E-state index contributed by atoms with van der Waals surface area (Å²) in [5.41, 5.74) is 11.3. The van der Waals surface area contributed by atoms with E-state index in [0.29, 0.717) is 12.3 Å². The molecule has 0 unspecified atom stereocenters. The third kappa shape index (κ3) is 5.44. The Bertz CT molecular complexity index is 3210. The number of aliphatic imine (C=N–C) groups is 2. The Labute approximate surface area is 324 Å². The summed E-state index contributed by atoms with van der Waals surface area (Å²) in [6.07, 6.45) is 2.86. The Morgan fingerprint density at radius 3 is 1.61 bits per heavy atom. The molecule has 0 fully saturated rings. The van der Waals surface area contributed by atoms with E-state index in [-0.39, 0.29) is 0 Å². The minimum atomic E-state index is 0.653. The first-order chi connectivity index (χ1) is 27.7. The van der Waals surface area contributed by atoms with Gasteiger partial charge in [0.15, 0.2) is 5.84 Å². The first-order valence-corrected chi connectivity index (χ1v) is 19.1. The van der Waals surface area contributed by atoms with Crippen LogP contribution in [0.3, 0.4) is 0 Å². The quantitative estimate of drug-likeness (QED) is 0.164. The van der Waals surface area contributed by atoms with Crippen LogP contribution in [0.15, 0.2) is 209 Å². The van der Waals surface area contributed by atoms with Crippen molar-refractivity contribution < 1.29 is 4.42 Å². The van der Waals surface area contributed by atoms with E-state index < -0.39 is 0 Å². The van der Waals surface area contributed by atoms with Gasteiger partial charge in [-0.2, -0.15) is 0 Å². The van der Waals surface area contributed by atoms with Crippen molar-refractivity contribution in [2.45, 2.75) is 6.42 Å². The number of amidine groups is 1. The summed E-state index contributed by atoms with van der Waals surface area (Å²) < 4.78 is 6.70. The predicted octanol–water partition coefficient (Wildman–Crippen LogP) is 14.1. The molecule has 1 aliphatic rings. The second kappa shape index (κ2) is 13.2. The molecule has 2 heterocycles. The summed E-state index contributed by atoms with van der Waals surface area (Å²) in [5, 5.41) is 9.73. The largest absolute Gasteiger partial charge is 0.455 e. The van der Waals surface area contributed by atoms with Gasteiger partial charge in [0.05, 0.1) is 11.4 Å². The van der Waals surface area contributed by atoms with Gasteiger partial charge in [-0.25, -0.2) is 9.98 Å². The van der Waals surface area contributed by atoms with Crippen molar-refractivity contribution in [2.24, 2.45) is 9.98 Å². The number of allylic oxidation sites excluding steroid dienone is 1. The average Bonchev–Trinajstić information content (AvgIpc) is 3.50. The van der Waals surface area contributed by atoms with Gasteiger partial charge in [0.25, 0.3) is 0 Å². The molecule has 0 atom stereocenters. The van der Waals surface area contributed by atoms with Crippen molar-refractivity contribution in [1.82, 2.24) is 0 Å². The van der Waals surface area contributed by atoms with E-state index in [1.165, 1.54) is 43.4 Å². The van der Waals surface area contributed by atoms with Crippen molar-refractivity contribution in [2.75, 3.05) is 0 Å². The SMILES string of the molecule is C1=C(c2ccc3oc4c(-c5ccc6c7ccccc7c7ccccc7c6c5)cccc4c3c2)N=C(c2ccccc2)N=C(c2ccc(-c3ccccc3)cc2)C1. The molecule has 262 valence electrons. The molecule has 0 bridgehead atoms. The smallest absolute Gasteiger partial charge is 0.160 e. The van der Waals surface area contributed by atoms with Crippen molar-refractivity contribution in [3.8, 4) is 22.3 Å². The fourth-order valence-corrected chi connectivity index (χ4v) is 8.38. The van der Waals surface area contributed by atoms with Gasteiger partial charge >= 0.3 is 0 Å². The number of nitrogens with zero attached hydrogens (tertiary/aromatic N) is 2. The zero-order valence-electron chi connectivity index (χ0n) is 30.5. The molecule has 0 N–H and O–H groups in total. The van der Waals surface area contributed by atoms with Crippen LogP contribution < -0.4 is 0 Å². The maximum absolute atomic E-state index is 6.70. The zero-order chi connectivity index (χ0) is 37.0. The standard InChI is InChI=1S/C53H34N2O/c1-3-12-34(13-4-1)35-22-24-36(25-23-35)49-29-30-50(55-53(54-49)37-14-5-2-6-15-37)39-27-31-51-48(33-39)46-21-11-20-40(52(46)56-51)38-26-28-45-43-18-8-7-16-41(43)42-17-9-10-19-44(42)47(45)32-38/h1-28,30-33H,29H2. The van der Waals surface area contributed by atoms with Crippen LogP contribution >= 0.6 is 0 Å². The Hall–Kier alpha value is -7.36. The lowest BCUT2D eigenvalue weighted by molar-refractivity contribution is 0.670. The third-order valence-electron chi connectivity index (χ3n) is 11.2. The van der Waals surface area contributed by atoms with Gasteiger partial charge in [0.2, 0.25) is 0 Å². The first kappa shape index (κ1) is 32.1. The molecule has 9 aromatic carbocycles. The molecular formula is C53H34N2O. The van der Waals surface area contributed by atoms with Crippen LogP contribution in [0.4, 0.5) is 0 Å².